The number of halogens is 3. The van der Waals surface area contributed by atoms with Crippen molar-refractivity contribution in [2.45, 2.75) is 19.3 Å². The Morgan fingerprint density at radius 3 is 2.57 bits per heavy atom. The highest BCUT2D eigenvalue weighted by Crippen LogP contribution is 2.36. The second kappa shape index (κ2) is 10.9. The Morgan fingerprint density at radius 2 is 1.89 bits per heavy atom. The van der Waals surface area contributed by atoms with Crippen molar-refractivity contribution in [2.75, 3.05) is 44.4 Å². The number of ether oxygens (including phenoxy) is 2. The number of nitrogens with zero attached hydrogens (tertiary/aromatic N) is 4. The van der Waals surface area contributed by atoms with Gasteiger partial charge in [-0.2, -0.15) is 13.2 Å². The second-order valence-electron chi connectivity index (χ2n) is 8.12. The number of amides is 1. The Kier molecular flexibility index (Phi) is 7.67. The van der Waals surface area contributed by atoms with Crippen LogP contribution in [0.5, 0.6) is 5.75 Å². The van der Waals surface area contributed by atoms with Gasteiger partial charge in [-0.25, -0.2) is 9.97 Å². The molecule has 0 bridgehead atoms. The maximum absolute atomic E-state index is 14.1. The first-order chi connectivity index (χ1) is 16.8. The van der Waals surface area contributed by atoms with Crippen LogP contribution in [0.2, 0.25) is 0 Å². The summed E-state index contributed by atoms with van der Waals surface area (Å²) in [6.45, 7) is 3.72. The SMILES string of the molecule is NC(=O)c1cc(OCCCN2CCOCC2)cc2c(N(Cc3ccccc3)C(F)(F)F)ncnc12. The standard InChI is InChI=1S/C24H26F3N5O3/c25-24(26,27)32(15-17-5-2-1-3-6-17)23-20-14-18(13-19(22(28)33)21(20)29-16-30-23)35-10-4-7-31-8-11-34-12-9-31/h1-3,5-6,13-14,16H,4,7-12,15H2,(H2,28,33). The Balaban J connectivity index is 1.64. The number of primary amides is 1. The summed E-state index contributed by atoms with van der Waals surface area (Å²) < 4.78 is 53.5. The van der Waals surface area contributed by atoms with Crippen molar-refractivity contribution < 1.29 is 27.4 Å². The van der Waals surface area contributed by atoms with E-state index in [4.69, 9.17) is 15.2 Å². The highest BCUT2D eigenvalue weighted by molar-refractivity contribution is 6.07. The first-order valence-electron chi connectivity index (χ1n) is 11.2. The molecule has 0 radical (unpaired) electrons. The third-order valence-corrected chi connectivity index (χ3v) is 5.69. The third-order valence-electron chi connectivity index (χ3n) is 5.69. The summed E-state index contributed by atoms with van der Waals surface area (Å²) in [4.78, 5) is 22.6. The number of anilines is 1. The van der Waals surface area contributed by atoms with Gasteiger partial charge >= 0.3 is 6.30 Å². The largest absolute Gasteiger partial charge is 0.493 e. The molecule has 2 aromatic carbocycles. The van der Waals surface area contributed by atoms with Crippen LogP contribution in [-0.2, 0) is 11.3 Å². The summed E-state index contributed by atoms with van der Waals surface area (Å²) in [5.41, 5.74) is 5.98. The van der Waals surface area contributed by atoms with E-state index in [-0.39, 0.29) is 32.9 Å². The number of carbonyl (C=O) groups excluding carboxylic acids is 1. The van der Waals surface area contributed by atoms with Gasteiger partial charge in [0.05, 0.1) is 37.4 Å². The van der Waals surface area contributed by atoms with Crippen LogP contribution < -0.4 is 15.4 Å². The van der Waals surface area contributed by atoms with Crippen LogP contribution in [0, 0.1) is 0 Å². The van der Waals surface area contributed by atoms with E-state index < -0.39 is 18.8 Å². The van der Waals surface area contributed by atoms with Crippen LogP contribution in [0.25, 0.3) is 10.9 Å². The van der Waals surface area contributed by atoms with Gasteiger partial charge in [0.15, 0.2) is 0 Å². The lowest BCUT2D eigenvalue weighted by Gasteiger charge is -2.27. The number of rotatable bonds is 9. The highest BCUT2D eigenvalue weighted by Gasteiger charge is 2.39. The molecule has 1 saturated heterocycles. The molecule has 0 saturated carbocycles. The van der Waals surface area contributed by atoms with Crippen LogP contribution in [0.15, 0.2) is 48.8 Å². The van der Waals surface area contributed by atoms with Gasteiger partial charge < -0.3 is 15.2 Å². The van der Waals surface area contributed by atoms with Gasteiger partial charge in [-0.3, -0.25) is 14.6 Å². The van der Waals surface area contributed by atoms with E-state index in [1.54, 1.807) is 30.3 Å². The molecule has 4 rings (SSSR count). The first-order valence-corrected chi connectivity index (χ1v) is 11.2. The number of fused-ring (bicyclic) bond motifs is 1. The molecule has 2 heterocycles. The summed E-state index contributed by atoms with van der Waals surface area (Å²) in [6, 6.07) is 11.1. The number of benzene rings is 2. The van der Waals surface area contributed by atoms with Gasteiger partial charge in [0.2, 0.25) is 0 Å². The minimum atomic E-state index is -4.74. The number of aromatic nitrogens is 2. The zero-order valence-electron chi connectivity index (χ0n) is 19.0. The zero-order valence-corrected chi connectivity index (χ0v) is 19.0. The van der Waals surface area contributed by atoms with Crippen molar-refractivity contribution in [1.29, 1.82) is 0 Å². The lowest BCUT2D eigenvalue weighted by Crippen LogP contribution is -2.38. The van der Waals surface area contributed by atoms with E-state index in [0.29, 0.717) is 31.8 Å². The van der Waals surface area contributed by atoms with E-state index in [0.717, 1.165) is 26.0 Å². The topological polar surface area (TPSA) is 93.8 Å². The van der Waals surface area contributed by atoms with E-state index in [9.17, 15) is 18.0 Å². The smallest absolute Gasteiger partial charge is 0.486 e. The molecule has 1 amide bonds. The fourth-order valence-electron chi connectivity index (χ4n) is 3.97. The van der Waals surface area contributed by atoms with E-state index in [1.165, 1.54) is 12.1 Å². The van der Waals surface area contributed by atoms with Crippen LogP contribution in [-0.4, -0.2) is 66.5 Å². The van der Waals surface area contributed by atoms with Gasteiger partial charge in [0, 0.05) is 25.0 Å². The zero-order chi connectivity index (χ0) is 24.8. The summed E-state index contributed by atoms with van der Waals surface area (Å²) in [7, 11) is 0. The van der Waals surface area contributed by atoms with E-state index >= 15 is 0 Å². The summed E-state index contributed by atoms with van der Waals surface area (Å²) >= 11 is 0. The van der Waals surface area contributed by atoms with Crippen molar-refractivity contribution in [1.82, 2.24) is 14.9 Å². The molecule has 3 aromatic rings. The predicted molar refractivity (Wildman–Crippen MR) is 124 cm³/mol. The number of morpholine rings is 1. The number of nitrogens with two attached hydrogens (primary N) is 1. The average molecular weight is 489 g/mol. The second-order valence-corrected chi connectivity index (χ2v) is 8.12. The number of alkyl halides is 3. The quantitative estimate of drug-likeness (QED) is 0.364. The molecule has 8 nitrogen and oxygen atoms in total. The maximum atomic E-state index is 14.1. The Morgan fingerprint density at radius 1 is 1.14 bits per heavy atom. The van der Waals surface area contributed by atoms with Crippen molar-refractivity contribution in [3.05, 3.63) is 59.9 Å². The lowest BCUT2D eigenvalue weighted by molar-refractivity contribution is -0.131. The third kappa shape index (κ3) is 6.17. The van der Waals surface area contributed by atoms with E-state index in [2.05, 4.69) is 14.9 Å². The van der Waals surface area contributed by atoms with Crippen molar-refractivity contribution in [3.63, 3.8) is 0 Å². The van der Waals surface area contributed by atoms with Crippen molar-refractivity contribution in [2.24, 2.45) is 5.73 Å². The lowest BCUT2D eigenvalue weighted by atomic mass is 10.1. The molecule has 0 unspecified atom stereocenters. The number of hydrogen-bond acceptors (Lipinski definition) is 7. The molecule has 0 atom stereocenters. The van der Waals surface area contributed by atoms with Gasteiger partial charge in [0.1, 0.15) is 17.9 Å². The molecule has 0 aliphatic carbocycles. The summed E-state index contributed by atoms with van der Waals surface area (Å²) in [6.07, 6.45) is -3.04. The monoisotopic (exact) mass is 489 g/mol. The fraction of sp³-hybridized carbons (Fsp3) is 0.375. The summed E-state index contributed by atoms with van der Waals surface area (Å²) in [5, 5.41) is 0.0280. The number of hydrogen-bond donors (Lipinski definition) is 1. The van der Waals surface area contributed by atoms with Crippen LogP contribution in [0.4, 0.5) is 19.0 Å². The molecule has 35 heavy (non-hydrogen) atoms. The predicted octanol–water partition coefficient (Wildman–Crippen LogP) is 3.36. The van der Waals surface area contributed by atoms with Crippen LogP contribution in [0.3, 0.4) is 0 Å². The minimum Gasteiger partial charge on any atom is -0.493 e. The molecular weight excluding hydrogens is 463 g/mol. The van der Waals surface area contributed by atoms with Crippen LogP contribution >= 0.6 is 0 Å². The summed E-state index contributed by atoms with van der Waals surface area (Å²) in [5.74, 6) is -0.973. The Labute approximate surface area is 200 Å². The van der Waals surface area contributed by atoms with Gasteiger partial charge in [0.25, 0.3) is 5.91 Å². The normalized spacial score (nSPS) is 14.7. The van der Waals surface area contributed by atoms with Crippen molar-refractivity contribution in [3.8, 4) is 5.75 Å². The molecule has 11 heteroatoms. The first kappa shape index (κ1) is 24.7. The molecule has 1 aliphatic heterocycles. The van der Waals surface area contributed by atoms with Gasteiger partial charge in [-0.05, 0) is 24.1 Å². The molecule has 186 valence electrons. The molecule has 1 aromatic heterocycles. The van der Waals surface area contributed by atoms with Crippen LogP contribution in [0.1, 0.15) is 22.3 Å². The Bertz CT molecular complexity index is 1150. The average Bonchev–Trinajstić information content (AvgIpc) is 2.85. The fourth-order valence-corrected chi connectivity index (χ4v) is 3.97. The molecule has 1 aliphatic rings. The number of carbonyl (C=O) groups is 1. The minimum absolute atomic E-state index is 0.0280. The molecule has 1 fully saturated rings. The molecule has 0 spiro atoms. The van der Waals surface area contributed by atoms with Gasteiger partial charge in [-0.1, -0.05) is 30.3 Å². The van der Waals surface area contributed by atoms with Crippen molar-refractivity contribution >= 4 is 22.6 Å². The molecule has 2 N–H and O–H groups in total. The maximum Gasteiger partial charge on any atom is 0.486 e. The Hall–Kier alpha value is -3.44. The van der Waals surface area contributed by atoms with Gasteiger partial charge in [-0.15, -0.1) is 0 Å². The highest BCUT2D eigenvalue weighted by atomic mass is 19.4. The molecular formula is C24H26F3N5O3. The van der Waals surface area contributed by atoms with E-state index in [1.807, 2.05) is 0 Å².